The molecule has 0 amide bonds. The molecule has 1 saturated heterocycles. The first kappa shape index (κ1) is 21.1. The van der Waals surface area contributed by atoms with Crippen LogP contribution in [0.5, 0.6) is 11.5 Å². The summed E-state index contributed by atoms with van der Waals surface area (Å²) in [6, 6.07) is 13.1. The molecule has 2 aromatic rings. The highest BCUT2D eigenvalue weighted by Crippen LogP contribution is 2.33. The first-order chi connectivity index (χ1) is 12.1. The van der Waals surface area contributed by atoms with Crippen LogP contribution in [0.1, 0.15) is 12.0 Å². The standard InChI is InChI=1S/C19H21Cl2NO3.ClH/c1-23-15-4-6-16(7-5-15)24-13-19(12-22-9-2-10-25-19)14-3-8-17(20)18(21)11-14;/h3-8,11,22H,2,9-10,12-13H2,1H3;1H. The quantitative estimate of drug-likeness (QED) is 0.763. The van der Waals surface area contributed by atoms with E-state index >= 15 is 0 Å². The summed E-state index contributed by atoms with van der Waals surface area (Å²) in [7, 11) is 1.64. The monoisotopic (exact) mass is 417 g/mol. The lowest BCUT2D eigenvalue weighted by atomic mass is 9.94. The van der Waals surface area contributed by atoms with Crippen LogP contribution in [0.4, 0.5) is 0 Å². The Bertz CT molecular complexity index is 702. The second-order valence-electron chi connectivity index (χ2n) is 5.97. The van der Waals surface area contributed by atoms with Gasteiger partial charge < -0.3 is 19.5 Å². The number of nitrogens with one attached hydrogen (secondary N) is 1. The number of rotatable bonds is 5. The SMILES string of the molecule is COc1ccc(OCC2(c3ccc(Cl)c(Cl)c3)CNCCCO2)cc1.Cl. The zero-order valence-electron chi connectivity index (χ0n) is 14.5. The summed E-state index contributed by atoms with van der Waals surface area (Å²) < 4.78 is 17.4. The van der Waals surface area contributed by atoms with Gasteiger partial charge in [-0.2, -0.15) is 0 Å². The Morgan fingerprint density at radius 2 is 1.81 bits per heavy atom. The van der Waals surface area contributed by atoms with Gasteiger partial charge in [-0.15, -0.1) is 12.4 Å². The summed E-state index contributed by atoms with van der Waals surface area (Å²) in [5.74, 6) is 1.55. The third-order valence-electron chi connectivity index (χ3n) is 4.26. The van der Waals surface area contributed by atoms with Gasteiger partial charge in [0.15, 0.2) is 0 Å². The van der Waals surface area contributed by atoms with Crippen molar-refractivity contribution in [1.29, 1.82) is 0 Å². The van der Waals surface area contributed by atoms with Crippen LogP contribution in [0.2, 0.25) is 10.0 Å². The Morgan fingerprint density at radius 3 is 2.50 bits per heavy atom. The van der Waals surface area contributed by atoms with Crippen molar-refractivity contribution in [2.45, 2.75) is 12.0 Å². The molecule has 4 nitrogen and oxygen atoms in total. The molecule has 26 heavy (non-hydrogen) atoms. The zero-order chi connectivity index (χ0) is 17.7. The van der Waals surface area contributed by atoms with E-state index in [0.717, 1.165) is 30.0 Å². The van der Waals surface area contributed by atoms with Crippen LogP contribution in [0.3, 0.4) is 0 Å². The van der Waals surface area contributed by atoms with Crippen molar-refractivity contribution in [2.24, 2.45) is 0 Å². The fourth-order valence-electron chi connectivity index (χ4n) is 2.82. The van der Waals surface area contributed by atoms with E-state index in [9.17, 15) is 0 Å². The summed E-state index contributed by atoms with van der Waals surface area (Å²) in [5.41, 5.74) is 0.329. The molecule has 3 rings (SSSR count). The number of hydrogen-bond donors (Lipinski definition) is 1. The van der Waals surface area contributed by atoms with E-state index in [-0.39, 0.29) is 12.4 Å². The smallest absolute Gasteiger partial charge is 0.139 e. The second kappa shape index (κ2) is 9.67. The minimum atomic E-state index is -0.620. The van der Waals surface area contributed by atoms with Gasteiger partial charge in [0.25, 0.3) is 0 Å². The Balaban J connectivity index is 0.00000243. The molecule has 1 N–H and O–H groups in total. The lowest BCUT2D eigenvalue weighted by molar-refractivity contribution is -0.0676. The number of benzene rings is 2. The highest BCUT2D eigenvalue weighted by atomic mass is 35.5. The van der Waals surface area contributed by atoms with Gasteiger partial charge in [0.1, 0.15) is 23.7 Å². The van der Waals surface area contributed by atoms with Gasteiger partial charge in [0.2, 0.25) is 0 Å². The number of ether oxygens (including phenoxy) is 3. The average Bonchev–Trinajstić information content (AvgIpc) is 2.89. The van der Waals surface area contributed by atoms with Crippen molar-refractivity contribution in [2.75, 3.05) is 33.4 Å². The maximum atomic E-state index is 6.22. The lowest BCUT2D eigenvalue weighted by Crippen LogP contribution is -2.43. The largest absolute Gasteiger partial charge is 0.497 e. The maximum Gasteiger partial charge on any atom is 0.139 e. The minimum Gasteiger partial charge on any atom is -0.497 e. The van der Waals surface area contributed by atoms with Crippen molar-refractivity contribution >= 4 is 35.6 Å². The molecule has 1 aliphatic rings. The van der Waals surface area contributed by atoms with Gasteiger partial charge in [0.05, 0.1) is 17.2 Å². The molecular formula is C19H22Cl3NO3. The summed E-state index contributed by atoms with van der Waals surface area (Å²) >= 11 is 12.3. The Kier molecular flexibility index (Phi) is 7.86. The molecule has 1 fully saturated rings. The predicted molar refractivity (Wildman–Crippen MR) is 107 cm³/mol. The topological polar surface area (TPSA) is 39.7 Å². The normalized spacial score (nSPS) is 20.0. The first-order valence-corrected chi connectivity index (χ1v) is 8.96. The van der Waals surface area contributed by atoms with Crippen LogP contribution < -0.4 is 14.8 Å². The van der Waals surface area contributed by atoms with Gasteiger partial charge in [0, 0.05) is 13.2 Å². The summed E-state index contributed by atoms with van der Waals surface area (Å²) in [5, 5.41) is 4.46. The predicted octanol–water partition coefficient (Wildman–Crippen LogP) is 4.71. The van der Waals surface area contributed by atoms with Crippen LogP contribution in [-0.4, -0.2) is 33.4 Å². The molecule has 1 heterocycles. The second-order valence-corrected chi connectivity index (χ2v) is 6.78. The Labute approximate surface area is 170 Å². The molecule has 2 aromatic carbocycles. The van der Waals surface area contributed by atoms with Gasteiger partial charge in [-0.3, -0.25) is 0 Å². The molecule has 142 valence electrons. The van der Waals surface area contributed by atoms with Crippen molar-refractivity contribution in [3.05, 3.63) is 58.1 Å². The molecule has 0 spiro atoms. The average molecular weight is 419 g/mol. The van der Waals surface area contributed by atoms with E-state index in [1.807, 2.05) is 36.4 Å². The Morgan fingerprint density at radius 1 is 1.08 bits per heavy atom. The minimum absolute atomic E-state index is 0. The fraction of sp³-hybridized carbons (Fsp3) is 0.368. The molecule has 0 radical (unpaired) electrons. The fourth-order valence-corrected chi connectivity index (χ4v) is 3.12. The first-order valence-electron chi connectivity index (χ1n) is 8.20. The molecule has 7 heteroatoms. The zero-order valence-corrected chi connectivity index (χ0v) is 16.8. The van der Waals surface area contributed by atoms with E-state index < -0.39 is 5.60 Å². The van der Waals surface area contributed by atoms with Crippen LogP contribution in [0.15, 0.2) is 42.5 Å². The van der Waals surface area contributed by atoms with E-state index in [4.69, 9.17) is 37.4 Å². The van der Waals surface area contributed by atoms with Crippen LogP contribution in [0, 0.1) is 0 Å². The van der Waals surface area contributed by atoms with E-state index in [1.165, 1.54) is 0 Å². The van der Waals surface area contributed by atoms with Crippen LogP contribution >= 0.6 is 35.6 Å². The van der Waals surface area contributed by atoms with Crippen molar-refractivity contribution in [1.82, 2.24) is 5.32 Å². The molecule has 1 atom stereocenters. The molecule has 0 bridgehead atoms. The van der Waals surface area contributed by atoms with Crippen molar-refractivity contribution in [3.63, 3.8) is 0 Å². The third kappa shape index (κ3) is 4.96. The maximum absolute atomic E-state index is 6.22. The summed E-state index contributed by atoms with van der Waals surface area (Å²) in [6.45, 7) is 2.57. The lowest BCUT2D eigenvalue weighted by Gasteiger charge is -2.33. The molecule has 0 aromatic heterocycles. The Hall–Kier alpha value is -1.17. The highest BCUT2D eigenvalue weighted by molar-refractivity contribution is 6.42. The molecular weight excluding hydrogens is 397 g/mol. The molecule has 0 aliphatic carbocycles. The number of methoxy groups -OCH3 is 1. The van der Waals surface area contributed by atoms with Gasteiger partial charge >= 0.3 is 0 Å². The van der Waals surface area contributed by atoms with E-state index in [0.29, 0.717) is 29.8 Å². The summed E-state index contributed by atoms with van der Waals surface area (Å²) in [4.78, 5) is 0. The highest BCUT2D eigenvalue weighted by Gasteiger charge is 2.36. The number of halogens is 3. The third-order valence-corrected chi connectivity index (χ3v) is 5.00. The summed E-state index contributed by atoms with van der Waals surface area (Å²) in [6.07, 6.45) is 0.950. The van der Waals surface area contributed by atoms with Crippen LogP contribution in [-0.2, 0) is 10.3 Å². The molecule has 1 aliphatic heterocycles. The van der Waals surface area contributed by atoms with Gasteiger partial charge in [-0.1, -0.05) is 29.3 Å². The van der Waals surface area contributed by atoms with Gasteiger partial charge in [-0.25, -0.2) is 0 Å². The van der Waals surface area contributed by atoms with Crippen LogP contribution in [0.25, 0.3) is 0 Å². The molecule has 1 unspecified atom stereocenters. The van der Waals surface area contributed by atoms with Crippen molar-refractivity contribution < 1.29 is 14.2 Å². The van der Waals surface area contributed by atoms with Crippen molar-refractivity contribution in [3.8, 4) is 11.5 Å². The number of hydrogen-bond acceptors (Lipinski definition) is 4. The van der Waals surface area contributed by atoms with Gasteiger partial charge in [-0.05, 0) is 54.9 Å². The molecule has 0 saturated carbocycles. The van der Waals surface area contributed by atoms with E-state index in [1.54, 1.807) is 13.2 Å². The van der Waals surface area contributed by atoms with E-state index in [2.05, 4.69) is 5.32 Å².